The molecule has 0 aliphatic heterocycles. The monoisotopic (exact) mass is 211 g/mol. The highest BCUT2D eigenvalue weighted by molar-refractivity contribution is 7.80. The zero-order chi connectivity index (χ0) is 9.97. The van der Waals surface area contributed by atoms with E-state index in [1.165, 1.54) is 19.2 Å². The van der Waals surface area contributed by atoms with E-state index in [9.17, 15) is 0 Å². The third kappa shape index (κ3) is 2.41. The Morgan fingerprint density at radius 3 is 3.14 bits per heavy atom. The normalized spacial score (nSPS) is 15.2. The van der Waals surface area contributed by atoms with Crippen LogP contribution in [0.25, 0.3) is 0 Å². The van der Waals surface area contributed by atoms with Gasteiger partial charge >= 0.3 is 0 Å². The second-order valence-electron chi connectivity index (χ2n) is 3.51. The van der Waals surface area contributed by atoms with Crippen molar-refractivity contribution in [2.24, 2.45) is 0 Å². The van der Waals surface area contributed by atoms with E-state index in [-0.39, 0.29) is 0 Å². The molecule has 0 saturated heterocycles. The molecule has 0 radical (unpaired) electrons. The van der Waals surface area contributed by atoms with Crippen LogP contribution in [-0.2, 0) is 6.54 Å². The maximum Gasteiger partial charge on any atom is 0.169 e. The lowest BCUT2D eigenvalue weighted by Crippen LogP contribution is -2.37. The maximum atomic E-state index is 5.22. The van der Waals surface area contributed by atoms with Crippen LogP contribution in [0.4, 0.5) is 0 Å². The van der Waals surface area contributed by atoms with Crippen LogP contribution in [0.5, 0.6) is 0 Å². The van der Waals surface area contributed by atoms with Crippen molar-refractivity contribution in [2.75, 3.05) is 7.05 Å². The number of nitrogens with one attached hydrogen (secondary N) is 2. The molecule has 0 bridgehead atoms. The molecule has 2 rings (SSSR count). The van der Waals surface area contributed by atoms with Gasteiger partial charge in [0, 0.05) is 13.1 Å². The van der Waals surface area contributed by atoms with Gasteiger partial charge in [-0.1, -0.05) is 0 Å². The standard InChI is InChI=1S/C8H13N5S/c1-13(4-7-9-5-10-12-7)8(14)11-6-2-3-6/h5-6H,2-4H2,1H3,(H,11,14)(H,9,10,12). The van der Waals surface area contributed by atoms with Crippen LogP contribution in [0.2, 0.25) is 0 Å². The molecule has 0 aromatic carbocycles. The predicted molar refractivity (Wildman–Crippen MR) is 56.6 cm³/mol. The lowest BCUT2D eigenvalue weighted by molar-refractivity contribution is 0.473. The Balaban J connectivity index is 1.81. The van der Waals surface area contributed by atoms with E-state index in [1.807, 2.05) is 11.9 Å². The van der Waals surface area contributed by atoms with Crippen molar-refractivity contribution in [3.63, 3.8) is 0 Å². The minimum absolute atomic E-state index is 0.597. The molecule has 1 aliphatic rings. The topological polar surface area (TPSA) is 56.8 Å². The number of H-pyrrole nitrogens is 1. The van der Waals surface area contributed by atoms with Gasteiger partial charge in [-0.2, -0.15) is 5.10 Å². The average molecular weight is 211 g/mol. The Kier molecular flexibility index (Phi) is 2.62. The van der Waals surface area contributed by atoms with Crippen molar-refractivity contribution in [2.45, 2.75) is 25.4 Å². The number of thiocarbonyl (C=S) groups is 1. The van der Waals surface area contributed by atoms with Crippen molar-refractivity contribution in [3.8, 4) is 0 Å². The number of hydrogen-bond donors (Lipinski definition) is 2. The number of aromatic amines is 1. The first kappa shape index (κ1) is 9.39. The van der Waals surface area contributed by atoms with Crippen molar-refractivity contribution < 1.29 is 0 Å². The zero-order valence-corrected chi connectivity index (χ0v) is 8.84. The van der Waals surface area contributed by atoms with Crippen LogP contribution in [0.1, 0.15) is 18.7 Å². The van der Waals surface area contributed by atoms with E-state index < -0.39 is 0 Å². The predicted octanol–water partition coefficient (Wildman–Crippen LogP) is 0.273. The quantitative estimate of drug-likeness (QED) is 0.703. The SMILES string of the molecule is CN(Cc1ncn[nH]1)C(=S)NC1CC1. The van der Waals surface area contributed by atoms with E-state index in [1.54, 1.807) is 0 Å². The molecule has 5 nitrogen and oxygen atoms in total. The van der Waals surface area contributed by atoms with Crippen molar-refractivity contribution >= 4 is 17.3 Å². The molecule has 2 N–H and O–H groups in total. The molecular formula is C8H13N5S. The molecule has 1 saturated carbocycles. The maximum absolute atomic E-state index is 5.22. The highest BCUT2D eigenvalue weighted by atomic mass is 32.1. The van der Waals surface area contributed by atoms with Crippen LogP contribution in [-0.4, -0.2) is 38.3 Å². The summed E-state index contributed by atoms with van der Waals surface area (Å²) in [6, 6.07) is 0.597. The molecule has 1 fully saturated rings. The summed E-state index contributed by atoms with van der Waals surface area (Å²) < 4.78 is 0. The Morgan fingerprint density at radius 1 is 1.79 bits per heavy atom. The minimum atomic E-state index is 0.597. The fourth-order valence-electron chi connectivity index (χ4n) is 1.12. The molecule has 0 atom stereocenters. The third-order valence-corrected chi connectivity index (χ3v) is 2.53. The first-order valence-corrected chi connectivity index (χ1v) is 5.02. The van der Waals surface area contributed by atoms with Crippen molar-refractivity contribution in [3.05, 3.63) is 12.2 Å². The summed E-state index contributed by atoms with van der Waals surface area (Å²) in [7, 11) is 1.94. The smallest absolute Gasteiger partial charge is 0.169 e. The van der Waals surface area contributed by atoms with Crippen LogP contribution in [0, 0.1) is 0 Å². The van der Waals surface area contributed by atoms with E-state index in [0.29, 0.717) is 12.6 Å². The van der Waals surface area contributed by atoms with Gasteiger partial charge in [-0.15, -0.1) is 0 Å². The average Bonchev–Trinajstić information content (AvgIpc) is 2.81. The van der Waals surface area contributed by atoms with Crippen LogP contribution in [0.15, 0.2) is 6.33 Å². The first-order valence-electron chi connectivity index (χ1n) is 4.61. The van der Waals surface area contributed by atoms with E-state index in [4.69, 9.17) is 12.2 Å². The van der Waals surface area contributed by atoms with Gasteiger partial charge in [-0.05, 0) is 25.1 Å². The third-order valence-electron chi connectivity index (χ3n) is 2.10. The fourth-order valence-corrected chi connectivity index (χ4v) is 1.35. The molecule has 0 amide bonds. The molecule has 1 aromatic rings. The van der Waals surface area contributed by atoms with Crippen molar-refractivity contribution in [1.29, 1.82) is 0 Å². The summed E-state index contributed by atoms with van der Waals surface area (Å²) >= 11 is 5.22. The number of aromatic nitrogens is 3. The largest absolute Gasteiger partial charge is 0.360 e. The Hall–Kier alpha value is -1.17. The van der Waals surface area contributed by atoms with Gasteiger partial charge in [-0.25, -0.2) is 4.98 Å². The van der Waals surface area contributed by atoms with Crippen LogP contribution < -0.4 is 5.32 Å². The Morgan fingerprint density at radius 2 is 2.57 bits per heavy atom. The highest BCUT2D eigenvalue weighted by Gasteiger charge is 2.22. The second kappa shape index (κ2) is 3.91. The van der Waals surface area contributed by atoms with Gasteiger partial charge in [0.05, 0.1) is 6.54 Å². The lowest BCUT2D eigenvalue weighted by Gasteiger charge is -2.19. The molecular weight excluding hydrogens is 198 g/mol. The number of rotatable bonds is 3. The number of hydrogen-bond acceptors (Lipinski definition) is 3. The minimum Gasteiger partial charge on any atom is -0.360 e. The van der Waals surface area contributed by atoms with Crippen molar-refractivity contribution in [1.82, 2.24) is 25.4 Å². The summed E-state index contributed by atoms with van der Waals surface area (Å²) in [5.41, 5.74) is 0. The Labute approximate surface area is 87.9 Å². The molecule has 1 aromatic heterocycles. The van der Waals surface area contributed by atoms with E-state index in [0.717, 1.165) is 10.9 Å². The molecule has 1 heterocycles. The zero-order valence-electron chi connectivity index (χ0n) is 8.03. The molecule has 1 aliphatic carbocycles. The van der Waals surface area contributed by atoms with Crippen LogP contribution in [0.3, 0.4) is 0 Å². The lowest BCUT2D eigenvalue weighted by atomic mass is 10.5. The molecule has 76 valence electrons. The van der Waals surface area contributed by atoms with Gasteiger partial charge in [0.15, 0.2) is 5.11 Å². The molecule has 0 spiro atoms. The van der Waals surface area contributed by atoms with Gasteiger partial charge in [-0.3, -0.25) is 5.10 Å². The summed E-state index contributed by atoms with van der Waals surface area (Å²) in [5.74, 6) is 0.826. The second-order valence-corrected chi connectivity index (χ2v) is 3.90. The first-order chi connectivity index (χ1) is 6.75. The molecule has 14 heavy (non-hydrogen) atoms. The van der Waals surface area contributed by atoms with Gasteiger partial charge in [0.25, 0.3) is 0 Å². The van der Waals surface area contributed by atoms with Crippen LogP contribution >= 0.6 is 12.2 Å². The van der Waals surface area contributed by atoms with Gasteiger partial charge in [0.2, 0.25) is 0 Å². The summed E-state index contributed by atoms with van der Waals surface area (Å²) in [6.07, 6.45) is 3.97. The summed E-state index contributed by atoms with van der Waals surface area (Å²) in [6.45, 7) is 0.665. The molecule has 6 heteroatoms. The van der Waals surface area contributed by atoms with Gasteiger partial charge < -0.3 is 10.2 Å². The number of nitrogens with zero attached hydrogens (tertiary/aromatic N) is 3. The van der Waals surface area contributed by atoms with E-state index in [2.05, 4.69) is 20.5 Å². The van der Waals surface area contributed by atoms with E-state index >= 15 is 0 Å². The van der Waals surface area contributed by atoms with Gasteiger partial charge in [0.1, 0.15) is 12.2 Å². The highest BCUT2D eigenvalue weighted by Crippen LogP contribution is 2.18. The molecule has 0 unspecified atom stereocenters. The fraction of sp³-hybridized carbons (Fsp3) is 0.625. The Bertz CT molecular complexity index is 306. The summed E-state index contributed by atoms with van der Waals surface area (Å²) in [5, 5.41) is 10.6. The summed E-state index contributed by atoms with van der Waals surface area (Å²) in [4.78, 5) is 5.99.